The van der Waals surface area contributed by atoms with E-state index in [-0.39, 0.29) is 11.9 Å². The lowest BCUT2D eigenvalue weighted by Gasteiger charge is -2.13. The zero-order chi connectivity index (χ0) is 13.4. The molecule has 0 heterocycles. The van der Waals surface area contributed by atoms with Crippen molar-refractivity contribution in [1.29, 1.82) is 0 Å². The SMILES string of the molecule is COc1ccc(F)cc1-c1cccc2c1CCC2N. The Bertz CT molecular complexity index is 624. The van der Waals surface area contributed by atoms with Gasteiger partial charge in [0.1, 0.15) is 11.6 Å². The van der Waals surface area contributed by atoms with Gasteiger partial charge in [0.15, 0.2) is 0 Å². The van der Waals surface area contributed by atoms with Crippen LogP contribution < -0.4 is 10.5 Å². The first-order chi connectivity index (χ1) is 9.20. The lowest BCUT2D eigenvalue weighted by atomic mass is 9.95. The fourth-order valence-electron chi connectivity index (χ4n) is 2.83. The summed E-state index contributed by atoms with van der Waals surface area (Å²) in [5, 5.41) is 0. The third-order valence-electron chi connectivity index (χ3n) is 3.77. The molecule has 98 valence electrons. The second-order valence-electron chi connectivity index (χ2n) is 4.86. The molecule has 0 aliphatic heterocycles. The maximum atomic E-state index is 13.5. The molecule has 19 heavy (non-hydrogen) atoms. The zero-order valence-corrected chi connectivity index (χ0v) is 10.8. The fourth-order valence-corrected chi connectivity index (χ4v) is 2.83. The van der Waals surface area contributed by atoms with Crippen molar-refractivity contribution < 1.29 is 9.13 Å². The molecule has 2 aromatic carbocycles. The molecule has 0 bridgehead atoms. The first-order valence-electron chi connectivity index (χ1n) is 6.42. The van der Waals surface area contributed by atoms with Crippen molar-refractivity contribution in [2.24, 2.45) is 5.73 Å². The average molecular weight is 257 g/mol. The van der Waals surface area contributed by atoms with E-state index in [2.05, 4.69) is 6.07 Å². The van der Waals surface area contributed by atoms with Gasteiger partial charge >= 0.3 is 0 Å². The Hall–Kier alpha value is -1.87. The normalized spacial score (nSPS) is 17.3. The minimum absolute atomic E-state index is 0.0921. The van der Waals surface area contributed by atoms with Crippen LogP contribution in [0, 0.1) is 5.82 Å². The Balaban J connectivity index is 2.21. The maximum absolute atomic E-state index is 13.5. The minimum Gasteiger partial charge on any atom is -0.496 e. The molecule has 1 atom stereocenters. The number of hydrogen-bond acceptors (Lipinski definition) is 2. The van der Waals surface area contributed by atoms with E-state index in [1.165, 1.54) is 23.3 Å². The molecule has 0 amide bonds. The van der Waals surface area contributed by atoms with Crippen LogP contribution in [0.25, 0.3) is 11.1 Å². The van der Waals surface area contributed by atoms with Gasteiger partial charge in [-0.1, -0.05) is 18.2 Å². The quantitative estimate of drug-likeness (QED) is 0.894. The molecule has 1 unspecified atom stereocenters. The smallest absolute Gasteiger partial charge is 0.126 e. The van der Waals surface area contributed by atoms with Crippen molar-refractivity contribution >= 4 is 0 Å². The summed E-state index contributed by atoms with van der Waals surface area (Å²) < 4.78 is 18.9. The number of rotatable bonds is 2. The molecule has 0 radical (unpaired) electrons. The molecule has 3 heteroatoms. The molecule has 1 aliphatic carbocycles. The molecular formula is C16H16FNO. The zero-order valence-electron chi connectivity index (χ0n) is 10.8. The number of halogens is 1. The van der Waals surface area contributed by atoms with Crippen LogP contribution in [-0.4, -0.2) is 7.11 Å². The van der Waals surface area contributed by atoms with Crippen molar-refractivity contribution in [2.45, 2.75) is 18.9 Å². The Morgan fingerprint density at radius 2 is 2.05 bits per heavy atom. The van der Waals surface area contributed by atoms with Crippen LogP contribution >= 0.6 is 0 Å². The van der Waals surface area contributed by atoms with Gasteiger partial charge in [-0.3, -0.25) is 0 Å². The van der Waals surface area contributed by atoms with Crippen molar-refractivity contribution in [1.82, 2.24) is 0 Å². The predicted octanol–water partition coefficient (Wildman–Crippen LogP) is 3.45. The third-order valence-corrected chi connectivity index (χ3v) is 3.77. The molecule has 0 saturated carbocycles. The molecular weight excluding hydrogens is 241 g/mol. The van der Waals surface area contributed by atoms with Gasteiger partial charge in [-0.25, -0.2) is 4.39 Å². The van der Waals surface area contributed by atoms with Crippen LogP contribution in [0.4, 0.5) is 4.39 Å². The standard InChI is InChI=1S/C16H16FNO/c1-19-16-8-5-10(17)9-14(16)11-3-2-4-13-12(11)6-7-15(13)18/h2-5,8-9,15H,6-7,18H2,1H3. The van der Waals surface area contributed by atoms with Crippen molar-refractivity contribution in [3.8, 4) is 16.9 Å². The van der Waals surface area contributed by atoms with Gasteiger partial charge in [0.05, 0.1) is 7.11 Å². The summed E-state index contributed by atoms with van der Waals surface area (Å²) in [6.07, 6.45) is 1.89. The van der Waals surface area contributed by atoms with Crippen molar-refractivity contribution in [3.05, 3.63) is 53.3 Å². The van der Waals surface area contributed by atoms with E-state index in [9.17, 15) is 4.39 Å². The van der Waals surface area contributed by atoms with Crippen LogP contribution in [0.15, 0.2) is 36.4 Å². The molecule has 0 aromatic heterocycles. The topological polar surface area (TPSA) is 35.2 Å². The third kappa shape index (κ3) is 2.00. The Morgan fingerprint density at radius 1 is 1.21 bits per heavy atom. The van der Waals surface area contributed by atoms with Gasteiger partial charge < -0.3 is 10.5 Å². The number of nitrogens with two attached hydrogens (primary N) is 1. The molecule has 1 aliphatic rings. The number of hydrogen-bond donors (Lipinski definition) is 1. The van der Waals surface area contributed by atoms with E-state index in [4.69, 9.17) is 10.5 Å². The first-order valence-corrected chi connectivity index (χ1v) is 6.42. The fraction of sp³-hybridized carbons (Fsp3) is 0.250. The van der Waals surface area contributed by atoms with Crippen LogP contribution in [0.3, 0.4) is 0 Å². The molecule has 2 aromatic rings. The van der Waals surface area contributed by atoms with E-state index < -0.39 is 0 Å². The predicted molar refractivity (Wildman–Crippen MR) is 73.6 cm³/mol. The Kier molecular flexibility index (Phi) is 2.99. The average Bonchev–Trinajstić information content (AvgIpc) is 2.81. The first kappa shape index (κ1) is 12.2. The van der Waals surface area contributed by atoms with Gasteiger partial charge in [0, 0.05) is 11.6 Å². The molecule has 3 rings (SSSR count). The van der Waals surface area contributed by atoms with Gasteiger partial charge in [-0.2, -0.15) is 0 Å². The summed E-state index contributed by atoms with van der Waals surface area (Å²) in [5.41, 5.74) is 10.3. The Morgan fingerprint density at radius 3 is 2.84 bits per heavy atom. The van der Waals surface area contributed by atoms with Crippen LogP contribution in [0.2, 0.25) is 0 Å². The summed E-state index contributed by atoms with van der Waals surface area (Å²) in [6, 6.07) is 10.7. The van der Waals surface area contributed by atoms with E-state index >= 15 is 0 Å². The molecule has 2 nitrogen and oxygen atoms in total. The largest absolute Gasteiger partial charge is 0.496 e. The highest BCUT2D eigenvalue weighted by Crippen LogP contribution is 2.39. The lowest BCUT2D eigenvalue weighted by Crippen LogP contribution is -2.05. The molecule has 2 N–H and O–H groups in total. The lowest BCUT2D eigenvalue weighted by molar-refractivity contribution is 0.415. The Labute approximate surface area is 112 Å². The number of methoxy groups -OCH3 is 1. The van der Waals surface area contributed by atoms with Crippen LogP contribution in [0.1, 0.15) is 23.6 Å². The summed E-state index contributed by atoms with van der Waals surface area (Å²) in [7, 11) is 1.60. The molecule has 0 spiro atoms. The molecule has 0 saturated heterocycles. The van der Waals surface area contributed by atoms with Gasteiger partial charge in [-0.05, 0) is 47.7 Å². The number of ether oxygens (including phenoxy) is 1. The van der Waals surface area contributed by atoms with Gasteiger partial charge in [-0.15, -0.1) is 0 Å². The van der Waals surface area contributed by atoms with Crippen LogP contribution in [-0.2, 0) is 6.42 Å². The minimum atomic E-state index is -0.254. The summed E-state index contributed by atoms with van der Waals surface area (Å²) in [6.45, 7) is 0. The van der Waals surface area contributed by atoms with Crippen molar-refractivity contribution in [3.63, 3.8) is 0 Å². The summed E-state index contributed by atoms with van der Waals surface area (Å²) >= 11 is 0. The van der Waals surface area contributed by atoms with Gasteiger partial charge in [0.25, 0.3) is 0 Å². The van der Waals surface area contributed by atoms with E-state index in [0.717, 1.165) is 24.0 Å². The highest BCUT2D eigenvalue weighted by molar-refractivity contribution is 5.75. The number of benzene rings is 2. The van der Waals surface area contributed by atoms with E-state index in [0.29, 0.717) is 5.75 Å². The van der Waals surface area contributed by atoms with E-state index in [1.54, 1.807) is 13.2 Å². The maximum Gasteiger partial charge on any atom is 0.126 e. The summed E-state index contributed by atoms with van der Waals surface area (Å²) in [4.78, 5) is 0. The number of fused-ring (bicyclic) bond motifs is 1. The highest BCUT2D eigenvalue weighted by atomic mass is 19.1. The molecule has 0 fully saturated rings. The van der Waals surface area contributed by atoms with Gasteiger partial charge in [0.2, 0.25) is 0 Å². The summed E-state index contributed by atoms with van der Waals surface area (Å²) in [5.74, 6) is 0.436. The van der Waals surface area contributed by atoms with Crippen molar-refractivity contribution in [2.75, 3.05) is 7.11 Å². The second-order valence-corrected chi connectivity index (χ2v) is 4.86. The van der Waals surface area contributed by atoms with E-state index in [1.807, 2.05) is 12.1 Å². The second kappa shape index (κ2) is 4.67. The van der Waals surface area contributed by atoms with Crippen LogP contribution in [0.5, 0.6) is 5.75 Å². The monoisotopic (exact) mass is 257 g/mol. The highest BCUT2D eigenvalue weighted by Gasteiger charge is 2.23.